The van der Waals surface area contributed by atoms with E-state index in [0.717, 1.165) is 11.1 Å². The topological polar surface area (TPSA) is 125 Å². The maximum Gasteiger partial charge on any atom is 0.313 e. The number of aliphatic hydroxyl groups is 1. The van der Waals surface area contributed by atoms with E-state index in [1.807, 2.05) is 88.4 Å². The van der Waals surface area contributed by atoms with Gasteiger partial charge >= 0.3 is 5.97 Å². The van der Waals surface area contributed by atoms with Crippen LogP contribution in [0.3, 0.4) is 0 Å². The van der Waals surface area contributed by atoms with E-state index in [9.17, 15) is 19.5 Å². The van der Waals surface area contributed by atoms with Crippen molar-refractivity contribution in [2.24, 2.45) is 17.8 Å². The molecule has 2 aromatic rings. The highest BCUT2D eigenvalue weighted by molar-refractivity contribution is 6.06. The van der Waals surface area contributed by atoms with Crippen LogP contribution in [0.2, 0.25) is 0 Å². The number of hydrogen-bond acceptors (Lipinski definition) is 7. The first-order valence-electron chi connectivity index (χ1n) is 16.9. The molecule has 0 aromatic heterocycles. The number of anilines is 1. The average molecular weight is 656 g/mol. The van der Waals surface area contributed by atoms with E-state index in [1.54, 1.807) is 24.0 Å². The Bertz CT molecular complexity index is 1620. The van der Waals surface area contributed by atoms with Crippen molar-refractivity contribution in [3.05, 3.63) is 89.5 Å². The summed E-state index contributed by atoms with van der Waals surface area (Å²) < 4.78 is 12.8. The zero-order valence-corrected chi connectivity index (χ0v) is 28.2. The minimum Gasteiger partial charge on any atom is -0.455 e. The van der Waals surface area contributed by atoms with Gasteiger partial charge in [0.1, 0.15) is 23.7 Å². The van der Waals surface area contributed by atoms with Gasteiger partial charge in [-0.05, 0) is 49.8 Å². The molecule has 4 aliphatic heterocycles. The van der Waals surface area contributed by atoms with Gasteiger partial charge in [0, 0.05) is 18.7 Å². The summed E-state index contributed by atoms with van der Waals surface area (Å²) in [5, 5.41) is 13.6. The summed E-state index contributed by atoms with van der Waals surface area (Å²) >= 11 is 0. The molecule has 48 heavy (non-hydrogen) atoms. The van der Waals surface area contributed by atoms with Crippen LogP contribution in [0.15, 0.2) is 72.8 Å². The van der Waals surface area contributed by atoms with Gasteiger partial charge in [-0.25, -0.2) is 0 Å². The number of rotatable bonds is 5. The van der Waals surface area contributed by atoms with E-state index in [0.29, 0.717) is 17.7 Å². The molecule has 0 radical (unpaired) electrons. The molecule has 2 fully saturated rings. The Morgan fingerprint density at radius 1 is 0.979 bits per heavy atom. The first-order chi connectivity index (χ1) is 23.0. The van der Waals surface area contributed by atoms with Gasteiger partial charge in [-0.1, -0.05) is 86.7 Å². The van der Waals surface area contributed by atoms with Crippen molar-refractivity contribution in [2.75, 3.05) is 18.1 Å². The second kappa shape index (κ2) is 13.3. The number of para-hydroxylation sites is 1. The summed E-state index contributed by atoms with van der Waals surface area (Å²) in [6.07, 6.45) is 6.28. The zero-order valence-electron chi connectivity index (χ0n) is 28.2. The molecule has 3 amide bonds. The number of likely N-dealkylation sites (tertiary alicyclic amines) is 1. The minimum absolute atomic E-state index is 0.183. The van der Waals surface area contributed by atoms with Crippen LogP contribution in [0.1, 0.15) is 56.4 Å². The largest absolute Gasteiger partial charge is 0.455 e. The number of hydrogen-bond donors (Lipinski definition) is 2. The number of carbonyl (C=O) groups is 4. The van der Waals surface area contributed by atoms with Gasteiger partial charge < -0.3 is 29.7 Å². The average Bonchev–Trinajstić information content (AvgIpc) is 3.70. The van der Waals surface area contributed by atoms with Gasteiger partial charge in [0.2, 0.25) is 11.8 Å². The van der Waals surface area contributed by atoms with E-state index >= 15 is 4.79 Å². The fourth-order valence-electron chi connectivity index (χ4n) is 8.02. The number of fused-ring (bicyclic) bond motifs is 2. The van der Waals surface area contributed by atoms with Crippen molar-refractivity contribution in [3.8, 4) is 0 Å². The van der Waals surface area contributed by atoms with E-state index in [2.05, 4.69) is 5.32 Å². The number of nitrogens with zero attached hydrogens (tertiary/aromatic N) is 2. The summed E-state index contributed by atoms with van der Waals surface area (Å²) in [5.41, 5.74) is 1.72. The number of ether oxygens (including phenoxy) is 2. The van der Waals surface area contributed by atoms with E-state index in [1.165, 1.54) is 4.90 Å². The van der Waals surface area contributed by atoms with E-state index < -0.39 is 59.6 Å². The van der Waals surface area contributed by atoms with Crippen molar-refractivity contribution in [2.45, 2.75) is 83.4 Å². The molecule has 4 heterocycles. The first kappa shape index (κ1) is 33.6. The Morgan fingerprint density at radius 3 is 2.35 bits per heavy atom. The highest BCUT2D eigenvalue weighted by Crippen LogP contribution is 2.57. The number of cyclic esters (lactones) is 1. The maximum absolute atomic E-state index is 15.2. The third kappa shape index (κ3) is 5.64. The van der Waals surface area contributed by atoms with Crippen molar-refractivity contribution < 1.29 is 33.8 Å². The van der Waals surface area contributed by atoms with Crippen LogP contribution >= 0.6 is 0 Å². The molecule has 0 saturated carbocycles. The molecule has 2 saturated heterocycles. The lowest BCUT2D eigenvalue weighted by molar-refractivity contribution is -0.161. The Hall–Kier alpha value is -4.28. The number of aryl methyl sites for hydroxylation is 2. The second-order valence-corrected chi connectivity index (χ2v) is 13.8. The number of nitrogens with one attached hydrogen (secondary N) is 1. The van der Waals surface area contributed by atoms with Gasteiger partial charge in [0.05, 0.1) is 30.7 Å². The van der Waals surface area contributed by atoms with Crippen molar-refractivity contribution in [3.63, 3.8) is 0 Å². The summed E-state index contributed by atoms with van der Waals surface area (Å²) in [5.74, 6) is -3.92. The number of benzene rings is 2. The molecule has 2 aromatic carbocycles. The third-order valence-electron chi connectivity index (χ3n) is 10.3. The quantitative estimate of drug-likeness (QED) is 0.369. The van der Waals surface area contributed by atoms with Crippen LogP contribution in [-0.4, -0.2) is 76.7 Å². The lowest BCUT2D eigenvalue weighted by Crippen LogP contribution is -2.59. The van der Waals surface area contributed by atoms with Gasteiger partial charge in [0.25, 0.3) is 5.91 Å². The standard InChI is InChI=1S/C38H45N3O7/c1-22(2)27(21-42)41-34-36(45)40(32-23(3)13-12-14-24(32)4)20-11-7-10-17-29(43)39-25(5)33(26-15-8-6-9-16-26)47-37(46)30-28-18-19-38(34,48-28)31(30)35(41)44/h6-9,11-16,18-19,22,25,27-28,30-31,33-34,42H,10,17,20-21H2,1-5H3,(H,39,43)/b11-7-/t25-,27+,28+,30-,31-,33+,34+,38-/m1/s1. The van der Waals surface area contributed by atoms with E-state index in [4.69, 9.17) is 9.47 Å². The molecule has 1 spiro atoms. The molecule has 0 unspecified atom stereocenters. The SMILES string of the molecule is Cc1cccc(C)c1N1C/C=C\CCC(=O)N[C@H](C)[C@@H](c2ccccc2)OC(=O)[C@@H]2[C@@H]3C=C[C@]4(O3)[C@H](C1=O)N([C@@H](CO)C(C)C)C(=O)[C@@H]24. The Balaban J connectivity index is 1.50. The first-order valence-corrected chi connectivity index (χ1v) is 16.9. The fraction of sp³-hybridized carbons (Fsp3) is 0.474. The van der Waals surface area contributed by atoms with Gasteiger partial charge in [-0.2, -0.15) is 0 Å². The smallest absolute Gasteiger partial charge is 0.313 e. The lowest BCUT2D eigenvalue weighted by atomic mass is 9.74. The van der Waals surface area contributed by atoms with Gasteiger partial charge in [-0.15, -0.1) is 0 Å². The highest BCUT2D eigenvalue weighted by Gasteiger charge is 2.74. The van der Waals surface area contributed by atoms with Crippen molar-refractivity contribution >= 4 is 29.4 Å². The summed E-state index contributed by atoms with van der Waals surface area (Å²) in [6, 6.07) is 12.6. The Kier molecular flexibility index (Phi) is 9.33. The molecule has 4 aliphatic rings. The fourth-order valence-corrected chi connectivity index (χ4v) is 8.02. The van der Waals surface area contributed by atoms with Crippen molar-refractivity contribution in [1.82, 2.24) is 10.2 Å². The zero-order chi connectivity index (χ0) is 34.3. The van der Waals surface area contributed by atoms with Crippen LogP contribution in [0.25, 0.3) is 0 Å². The lowest BCUT2D eigenvalue weighted by Gasteiger charge is -2.40. The van der Waals surface area contributed by atoms with Crippen LogP contribution in [0, 0.1) is 31.6 Å². The minimum atomic E-state index is -1.45. The number of allylic oxidation sites excluding steroid dienone is 1. The predicted molar refractivity (Wildman–Crippen MR) is 180 cm³/mol. The molecule has 254 valence electrons. The van der Waals surface area contributed by atoms with Gasteiger partial charge in [-0.3, -0.25) is 19.2 Å². The molecule has 10 nitrogen and oxygen atoms in total. The monoisotopic (exact) mass is 655 g/mol. The number of esters is 1. The van der Waals surface area contributed by atoms with Gasteiger partial charge in [0.15, 0.2) is 0 Å². The number of carbonyl (C=O) groups excluding carboxylic acids is 4. The molecular weight excluding hydrogens is 610 g/mol. The second-order valence-electron chi connectivity index (χ2n) is 13.8. The van der Waals surface area contributed by atoms with Crippen LogP contribution < -0.4 is 10.2 Å². The van der Waals surface area contributed by atoms with Crippen LogP contribution in [0.5, 0.6) is 0 Å². The summed E-state index contributed by atoms with van der Waals surface area (Å²) in [6.45, 7) is 9.27. The highest BCUT2D eigenvalue weighted by atomic mass is 16.6. The Labute approximate surface area is 281 Å². The molecule has 10 heteroatoms. The maximum atomic E-state index is 15.2. The molecular formula is C38H45N3O7. The third-order valence-corrected chi connectivity index (χ3v) is 10.3. The van der Waals surface area contributed by atoms with Crippen LogP contribution in [-0.2, 0) is 28.7 Å². The molecule has 8 atom stereocenters. The molecule has 2 N–H and O–H groups in total. The summed E-state index contributed by atoms with van der Waals surface area (Å²) in [4.78, 5) is 60.4. The molecule has 0 aliphatic carbocycles. The predicted octanol–water partition coefficient (Wildman–Crippen LogP) is 3.94. The number of aliphatic hydroxyl groups excluding tert-OH is 1. The van der Waals surface area contributed by atoms with E-state index in [-0.39, 0.29) is 37.3 Å². The van der Waals surface area contributed by atoms with Crippen LogP contribution in [0.4, 0.5) is 5.69 Å². The Morgan fingerprint density at radius 2 is 1.69 bits per heavy atom. The molecule has 6 rings (SSSR count). The van der Waals surface area contributed by atoms with Crippen molar-refractivity contribution in [1.29, 1.82) is 0 Å². The normalized spacial score (nSPS) is 32.0. The summed E-state index contributed by atoms with van der Waals surface area (Å²) in [7, 11) is 0. The molecule has 5 bridgehead atoms. The number of amides is 3.